The second-order valence-electron chi connectivity index (χ2n) is 7.24. The van der Waals surface area contributed by atoms with Gasteiger partial charge in [0, 0.05) is 23.5 Å². The lowest BCUT2D eigenvalue weighted by atomic mass is 9.90. The number of aromatic nitrogens is 1. The number of pyridine rings is 1. The molecule has 6 nitrogen and oxygen atoms in total. The lowest BCUT2D eigenvalue weighted by Crippen LogP contribution is -2.12. The second-order valence-corrected chi connectivity index (χ2v) is 7.24. The molecule has 1 aromatic heterocycles. The summed E-state index contributed by atoms with van der Waals surface area (Å²) in [6.45, 7) is 2.19. The third kappa shape index (κ3) is 5.92. The lowest BCUT2D eigenvalue weighted by molar-refractivity contribution is -0.139. The van der Waals surface area contributed by atoms with Crippen molar-refractivity contribution in [1.82, 2.24) is 4.98 Å². The van der Waals surface area contributed by atoms with Gasteiger partial charge in [-0.05, 0) is 55.0 Å². The maximum atomic E-state index is 10.8. The van der Waals surface area contributed by atoms with Crippen molar-refractivity contribution >= 4 is 17.3 Å². The van der Waals surface area contributed by atoms with Crippen LogP contribution in [0.2, 0.25) is 0 Å². The molecule has 0 saturated heterocycles. The number of ether oxygens (including phenoxy) is 1. The highest BCUT2D eigenvalue weighted by Crippen LogP contribution is 2.33. The van der Waals surface area contributed by atoms with E-state index in [9.17, 15) is 4.79 Å². The Hall–Kier alpha value is -3.15. The molecule has 0 atom stereocenters. The summed E-state index contributed by atoms with van der Waals surface area (Å²) in [6.07, 6.45) is 11.6. The smallest absolute Gasteiger partial charge is 0.341 e. The summed E-state index contributed by atoms with van der Waals surface area (Å²) in [7, 11) is 0. The van der Waals surface area contributed by atoms with Crippen LogP contribution < -0.4 is 4.74 Å². The van der Waals surface area contributed by atoms with E-state index in [1.54, 1.807) is 6.20 Å². The van der Waals surface area contributed by atoms with Crippen LogP contribution in [0.15, 0.2) is 54.0 Å². The van der Waals surface area contributed by atoms with Crippen molar-refractivity contribution in [1.29, 1.82) is 0 Å². The minimum absolute atomic E-state index is 0.345. The largest absolute Gasteiger partial charge is 0.482 e. The molecular formula is C24H28N2O4. The summed E-state index contributed by atoms with van der Waals surface area (Å²) < 4.78 is 5.47. The Balaban J connectivity index is 1.71. The van der Waals surface area contributed by atoms with Crippen molar-refractivity contribution in [3.05, 3.63) is 65.5 Å². The quantitative estimate of drug-likeness (QED) is 0.326. The molecule has 1 aromatic carbocycles. The van der Waals surface area contributed by atoms with Crippen LogP contribution in [0.1, 0.15) is 55.7 Å². The Morgan fingerprint density at radius 2 is 2.13 bits per heavy atom. The van der Waals surface area contributed by atoms with E-state index < -0.39 is 5.97 Å². The molecule has 0 unspecified atom stereocenters. The summed E-state index contributed by atoms with van der Waals surface area (Å²) in [5.74, 6) is -0.359. The molecule has 0 aliphatic heterocycles. The summed E-state index contributed by atoms with van der Waals surface area (Å²) in [5, 5.41) is 13.3. The van der Waals surface area contributed by atoms with Gasteiger partial charge in [-0.2, -0.15) is 0 Å². The van der Waals surface area contributed by atoms with Crippen LogP contribution in [-0.4, -0.2) is 35.0 Å². The molecule has 30 heavy (non-hydrogen) atoms. The first-order valence-electron chi connectivity index (χ1n) is 10.4. The summed E-state index contributed by atoms with van der Waals surface area (Å²) in [6, 6.07) is 9.62. The van der Waals surface area contributed by atoms with E-state index in [2.05, 4.69) is 23.1 Å². The Morgan fingerprint density at radius 3 is 2.90 bits per heavy atom. The third-order valence-corrected chi connectivity index (χ3v) is 5.02. The fraction of sp³-hybridized carbons (Fsp3) is 0.375. The van der Waals surface area contributed by atoms with Gasteiger partial charge in [-0.3, -0.25) is 4.98 Å². The molecule has 1 heterocycles. The normalized spacial score (nSPS) is 13.4. The molecule has 158 valence electrons. The Morgan fingerprint density at radius 1 is 1.23 bits per heavy atom. The van der Waals surface area contributed by atoms with Gasteiger partial charge in [0.2, 0.25) is 0 Å². The van der Waals surface area contributed by atoms with Crippen molar-refractivity contribution < 1.29 is 19.5 Å². The van der Waals surface area contributed by atoms with Crippen molar-refractivity contribution in [2.45, 2.75) is 45.4 Å². The van der Waals surface area contributed by atoms with Gasteiger partial charge in [-0.1, -0.05) is 43.1 Å². The van der Waals surface area contributed by atoms with Crippen molar-refractivity contribution in [3.63, 3.8) is 0 Å². The molecule has 0 fully saturated rings. The van der Waals surface area contributed by atoms with Crippen LogP contribution in [0, 0.1) is 0 Å². The van der Waals surface area contributed by atoms with E-state index in [4.69, 9.17) is 14.7 Å². The second kappa shape index (κ2) is 11.1. The van der Waals surface area contributed by atoms with Crippen molar-refractivity contribution in [2.75, 3.05) is 13.2 Å². The number of carbonyl (C=O) groups is 1. The number of hydrogen-bond acceptors (Lipinski definition) is 5. The first-order chi connectivity index (χ1) is 14.7. The van der Waals surface area contributed by atoms with Crippen LogP contribution in [0.3, 0.4) is 0 Å². The Labute approximate surface area is 177 Å². The summed E-state index contributed by atoms with van der Waals surface area (Å²) in [4.78, 5) is 20.8. The molecule has 3 rings (SSSR count). The fourth-order valence-corrected chi connectivity index (χ4v) is 3.53. The fourth-order valence-electron chi connectivity index (χ4n) is 3.53. The topological polar surface area (TPSA) is 81.0 Å². The number of hydrogen-bond donors (Lipinski definition) is 1. The van der Waals surface area contributed by atoms with E-state index in [0.29, 0.717) is 12.4 Å². The van der Waals surface area contributed by atoms with E-state index in [-0.39, 0.29) is 6.61 Å². The molecule has 0 bridgehead atoms. The predicted octanol–water partition coefficient (Wildman–Crippen LogP) is 4.88. The van der Waals surface area contributed by atoms with E-state index >= 15 is 0 Å². The maximum absolute atomic E-state index is 10.8. The monoisotopic (exact) mass is 408 g/mol. The van der Waals surface area contributed by atoms with Gasteiger partial charge in [0.25, 0.3) is 0 Å². The minimum atomic E-state index is -0.983. The van der Waals surface area contributed by atoms with Gasteiger partial charge in [-0.25, -0.2) is 4.79 Å². The zero-order chi connectivity index (χ0) is 21.2. The SMILES string of the molecule is CCCCC/C(=N/OCC1=CCCc2c(OCC(=O)O)cccc21)c1cccnc1. The van der Waals surface area contributed by atoms with Crippen molar-refractivity contribution in [3.8, 4) is 5.75 Å². The van der Waals surface area contributed by atoms with Gasteiger partial charge in [0.15, 0.2) is 6.61 Å². The molecular weight excluding hydrogens is 380 g/mol. The number of nitrogens with zero attached hydrogens (tertiary/aromatic N) is 2. The predicted molar refractivity (Wildman–Crippen MR) is 117 cm³/mol. The van der Waals surface area contributed by atoms with Crippen LogP contribution in [0.25, 0.3) is 5.57 Å². The van der Waals surface area contributed by atoms with Crippen LogP contribution in [-0.2, 0) is 16.1 Å². The molecule has 1 aliphatic carbocycles. The number of rotatable bonds is 11. The van der Waals surface area contributed by atoms with Gasteiger partial charge >= 0.3 is 5.97 Å². The number of fused-ring (bicyclic) bond motifs is 1. The zero-order valence-electron chi connectivity index (χ0n) is 17.3. The summed E-state index contributed by atoms with van der Waals surface area (Å²) >= 11 is 0. The molecule has 1 aliphatic rings. The molecule has 0 spiro atoms. The van der Waals surface area contributed by atoms with Gasteiger partial charge in [-0.15, -0.1) is 0 Å². The number of unbranched alkanes of at least 4 members (excludes halogenated alkanes) is 2. The molecule has 0 saturated carbocycles. The van der Waals surface area contributed by atoms with Gasteiger partial charge < -0.3 is 14.7 Å². The Kier molecular flexibility index (Phi) is 8.01. The number of benzene rings is 1. The van der Waals surface area contributed by atoms with E-state index in [1.807, 2.05) is 36.5 Å². The van der Waals surface area contributed by atoms with Crippen molar-refractivity contribution in [2.24, 2.45) is 5.16 Å². The zero-order valence-corrected chi connectivity index (χ0v) is 17.3. The molecule has 1 N–H and O–H groups in total. The third-order valence-electron chi connectivity index (χ3n) is 5.02. The van der Waals surface area contributed by atoms with E-state index in [1.165, 1.54) is 0 Å². The highest BCUT2D eigenvalue weighted by atomic mass is 16.6. The molecule has 2 aromatic rings. The first kappa shape index (κ1) is 21.6. The van der Waals surface area contributed by atoms with E-state index in [0.717, 1.165) is 66.5 Å². The number of carboxylic acid groups (broad SMARTS) is 1. The molecule has 0 amide bonds. The number of oxime groups is 1. The minimum Gasteiger partial charge on any atom is -0.482 e. The average Bonchev–Trinajstić information content (AvgIpc) is 2.77. The molecule has 0 radical (unpaired) electrons. The highest BCUT2D eigenvalue weighted by molar-refractivity contribution is 5.99. The number of carboxylic acids is 1. The average molecular weight is 408 g/mol. The first-order valence-corrected chi connectivity index (χ1v) is 10.4. The van der Waals surface area contributed by atoms with Gasteiger partial charge in [0.1, 0.15) is 12.4 Å². The highest BCUT2D eigenvalue weighted by Gasteiger charge is 2.18. The number of aliphatic carboxylic acids is 1. The number of allylic oxidation sites excluding steroid dienone is 1. The molecule has 6 heteroatoms. The maximum Gasteiger partial charge on any atom is 0.341 e. The summed E-state index contributed by atoms with van der Waals surface area (Å²) in [5.41, 5.74) is 5.00. The Bertz CT molecular complexity index is 907. The van der Waals surface area contributed by atoms with Gasteiger partial charge in [0.05, 0.1) is 5.71 Å². The lowest BCUT2D eigenvalue weighted by Gasteiger charge is -2.20. The van der Waals surface area contributed by atoms with Crippen LogP contribution in [0.4, 0.5) is 0 Å². The van der Waals surface area contributed by atoms with Crippen LogP contribution in [0.5, 0.6) is 5.75 Å². The van der Waals surface area contributed by atoms with Crippen LogP contribution >= 0.6 is 0 Å². The standard InChI is InChI=1S/C24H28N2O4/c1-2-3-4-12-22(18-9-7-14-25-15-18)26-30-16-19-8-5-11-21-20(19)10-6-13-23(21)29-17-24(27)28/h6-10,13-15H,2-5,11-12,16-17H2,1H3,(H,27,28)/b26-22-.